The van der Waals surface area contributed by atoms with Gasteiger partial charge in [0.2, 0.25) is 0 Å². The van der Waals surface area contributed by atoms with Crippen LogP contribution in [0.25, 0.3) is 11.0 Å². The lowest BCUT2D eigenvalue weighted by molar-refractivity contribution is -0.676. The van der Waals surface area contributed by atoms with Crippen LogP contribution in [0.1, 0.15) is 41.5 Å². The predicted octanol–water partition coefficient (Wildman–Crippen LogP) is 1.95. The summed E-state index contributed by atoms with van der Waals surface area (Å²) < 4.78 is 9.97. The van der Waals surface area contributed by atoms with Gasteiger partial charge in [0.1, 0.15) is 23.7 Å². The van der Waals surface area contributed by atoms with E-state index in [1.165, 1.54) is 4.90 Å². The Bertz CT molecular complexity index is 1620. The van der Waals surface area contributed by atoms with E-state index in [1.54, 1.807) is 25.2 Å². The average Bonchev–Trinajstić information content (AvgIpc) is 3.25. The molecule has 6 N–H and O–H groups in total. The van der Waals surface area contributed by atoms with Crippen LogP contribution in [-0.4, -0.2) is 55.0 Å². The van der Waals surface area contributed by atoms with Crippen LogP contribution in [0.15, 0.2) is 30.3 Å². The van der Waals surface area contributed by atoms with Gasteiger partial charge in [0.25, 0.3) is 17.6 Å². The lowest BCUT2D eigenvalue weighted by Gasteiger charge is -2.18. The molecule has 2 amide bonds. The lowest BCUT2D eigenvalue weighted by atomic mass is 10.2. The van der Waals surface area contributed by atoms with Crippen molar-refractivity contribution in [2.45, 2.75) is 47.0 Å². The van der Waals surface area contributed by atoms with Crippen molar-refractivity contribution >= 4 is 46.1 Å². The number of benzene rings is 1. The number of rotatable bonds is 10. The fraction of sp³-hybridized carbons (Fsp3) is 0.333. The third-order valence-corrected chi connectivity index (χ3v) is 6.85. The van der Waals surface area contributed by atoms with Crippen molar-refractivity contribution in [3.63, 3.8) is 0 Å². The first-order valence-electron chi connectivity index (χ1n) is 13.0. The van der Waals surface area contributed by atoms with Gasteiger partial charge in [0, 0.05) is 18.8 Å². The molecule has 0 atom stereocenters. The Labute approximate surface area is 241 Å². The molecule has 13 nitrogen and oxygen atoms in total. The average molecular weight is 583 g/mol. The molecule has 0 fully saturated rings. The zero-order valence-electron chi connectivity index (χ0n) is 23.3. The van der Waals surface area contributed by atoms with Gasteiger partial charge in [-0.3, -0.25) is 14.6 Å². The van der Waals surface area contributed by atoms with Crippen molar-refractivity contribution < 1.29 is 24.0 Å². The summed E-state index contributed by atoms with van der Waals surface area (Å²) in [5, 5.41) is 12.8. The van der Waals surface area contributed by atoms with E-state index in [4.69, 9.17) is 27.8 Å². The fourth-order valence-corrected chi connectivity index (χ4v) is 4.62. The van der Waals surface area contributed by atoms with Crippen molar-refractivity contribution in [2.24, 2.45) is 0 Å². The Kier molecular flexibility index (Phi) is 8.77. The number of nitrogens with one attached hydrogen (secondary N) is 1. The molecule has 41 heavy (non-hydrogen) atoms. The summed E-state index contributed by atoms with van der Waals surface area (Å²) in [6.45, 7) is 7.22. The molecule has 0 bridgehead atoms. The molecule has 3 aromatic heterocycles. The molecule has 4 aromatic rings. The highest BCUT2D eigenvalue weighted by atomic mass is 35.5. The van der Waals surface area contributed by atoms with Crippen LogP contribution in [0.2, 0.25) is 5.15 Å². The first-order valence-corrected chi connectivity index (χ1v) is 13.4. The second-order valence-electron chi connectivity index (χ2n) is 9.33. The molecule has 0 saturated carbocycles. The highest BCUT2D eigenvalue weighted by molar-refractivity contribution is 6.31. The number of fused-ring (bicyclic) bond motifs is 1. The number of imidazole rings is 1. The number of amides is 2. The maximum atomic E-state index is 12.8. The second-order valence-corrected chi connectivity index (χ2v) is 9.69. The van der Waals surface area contributed by atoms with Crippen LogP contribution in [0.5, 0.6) is 11.5 Å². The Hall–Kier alpha value is -4.65. The van der Waals surface area contributed by atoms with E-state index >= 15 is 0 Å². The molecule has 0 aliphatic carbocycles. The highest BCUT2D eigenvalue weighted by Crippen LogP contribution is 2.23. The summed E-state index contributed by atoms with van der Waals surface area (Å²) in [5.41, 5.74) is 14.3. The minimum atomic E-state index is -0.534. The van der Waals surface area contributed by atoms with Crippen molar-refractivity contribution in [3.05, 3.63) is 58.4 Å². The van der Waals surface area contributed by atoms with Crippen LogP contribution >= 0.6 is 11.6 Å². The smallest absolute Gasteiger partial charge is 0.277 e. The van der Waals surface area contributed by atoms with E-state index in [0.29, 0.717) is 24.5 Å². The van der Waals surface area contributed by atoms with Gasteiger partial charge in [-0.2, -0.15) is 0 Å². The van der Waals surface area contributed by atoms with Crippen LogP contribution in [0, 0.1) is 6.92 Å². The van der Waals surface area contributed by atoms with Crippen molar-refractivity contribution in [2.75, 3.05) is 25.1 Å². The van der Waals surface area contributed by atoms with Crippen LogP contribution in [-0.2, 0) is 31.0 Å². The molecule has 0 aliphatic heterocycles. The zero-order chi connectivity index (χ0) is 29.8. The standard InChI is InChI=1S/C27H32ClN9O4/c1-5-36-18-9-8-16(41-14-22(39)35(4)13-17-20(38)10-7-15(3)32-17)11-19(18)37(6-2)21(36)12-31-27(40)23-25(29)34-26(30)24(28)33-23/h7-11H,5-6,12-14H2,1-4H3,(H5-,29,30,31,34,38,40)/p+1. The second kappa shape index (κ2) is 12.3. The monoisotopic (exact) mass is 582 g/mol. The van der Waals surface area contributed by atoms with E-state index < -0.39 is 5.91 Å². The number of nitrogens with zero attached hydrogens (tertiary/aromatic N) is 6. The number of aryl methyl sites for hydroxylation is 3. The van der Waals surface area contributed by atoms with Gasteiger partial charge in [0.05, 0.1) is 19.6 Å². The number of hydrogen-bond donors (Lipinski definition) is 4. The van der Waals surface area contributed by atoms with Gasteiger partial charge in [0.15, 0.2) is 40.1 Å². The Morgan fingerprint density at radius 3 is 2.61 bits per heavy atom. The van der Waals surface area contributed by atoms with Gasteiger partial charge >= 0.3 is 0 Å². The van der Waals surface area contributed by atoms with Gasteiger partial charge < -0.3 is 31.5 Å². The number of carbonyl (C=O) groups is 2. The van der Waals surface area contributed by atoms with E-state index in [-0.39, 0.29) is 53.8 Å². The largest absolute Gasteiger partial charge is 0.506 e. The molecule has 216 valence electrons. The summed E-state index contributed by atoms with van der Waals surface area (Å²) in [6.07, 6.45) is 0. The minimum Gasteiger partial charge on any atom is -0.506 e. The van der Waals surface area contributed by atoms with Gasteiger partial charge in [-0.05, 0) is 45.0 Å². The van der Waals surface area contributed by atoms with E-state index in [9.17, 15) is 14.7 Å². The van der Waals surface area contributed by atoms with E-state index in [2.05, 4.69) is 29.4 Å². The molecule has 3 heterocycles. The molecule has 14 heteroatoms. The first-order chi connectivity index (χ1) is 19.5. The number of ether oxygens (including phenoxy) is 1. The zero-order valence-corrected chi connectivity index (χ0v) is 24.1. The molecule has 0 radical (unpaired) electrons. The Morgan fingerprint density at radius 1 is 1.15 bits per heavy atom. The van der Waals surface area contributed by atoms with Gasteiger partial charge in [-0.25, -0.2) is 19.1 Å². The minimum absolute atomic E-state index is 0.0341. The summed E-state index contributed by atoms with van der Waals surface area (Å²) in [5.74, 6) is 0.421. The summed E-state index contributed by atoms with van der Waals surface area (Å²) in [4.78, 5) is 39.2. The van der Waals surface area contributed by atoms with Crippen LogP contribution in [0.4, 0.5) is 11.6 Å². The van der Waals surface area contributed by atoms with Crippen LogP contribution in [0.3, 0.4) is 0 Å². The number of aromatic nitrogens is 5. The number of likely N-dealkylation sites (N-methyl/N-ethyl adjacent to an activating group) is 1. The normalized spacial score (nSPS) is 11.0. The Morgan fingerprint density at radius 2 is 1.90 bits per heavy atom. The summed E-state index contributed by atoms with van der Waals surface area (Å²) >= 11 is 5.93. The molecule has 0 saturated heterocycles. The number of pyridine rings is 1. The number of nitrogens with two attached hydrogens (primary N) is 2. The third-order valence-electron chi connectivity index (χ3n) is 6.58. The Balaban J connectivity index is 1.50. The quantitative estimate of drug-likeness (QED) is 0.203. The molecule has 0 unspecified atom stereocenters. The first kappa shape index (κ1) is 29.3. The van der Waals surface area contributed by atoms with Crippen molar-refractivity contribution in [3.8, 4) is 11.5 Å². The fourth-order valence-electron chi connectivity index (χ4n) is 4.50. The number of carbonyl (C=O) groups excluding carboxylic acids is 2. The third kappa shape index (κ3) is 6.24. The number of anilines is 2. The number of nitrogen functional groups attached to an aromatic ring is 2. The molecule has 4 rings (SSSR count). The highest BCUT2D eigenvalue weighted by Gasteiger charge is 2.26. The van der Waals surface area contributed by atoms with E-state index in [0.717, 1.165) is 22.6 Å². The van der Waals surface area contributed by atoms with Crippen molar-refractivity contribution in [1.29, 1.82) is 0 Å². The van der Waals surface area contributed by atoms with E-state index in [1.807, 2.05) is 32.9 Å². The number of halogens is 1. The van der Waals surface area contributed by atoms with Gasteiger partial charge in [-0.1, -0.05) is 11.6 Å². The summed E-state index contributed by atoms with van der Waals surface area (Å²) in [7, 11) is 1.63. The number of hydrogen-bond acceptors (Lipinski definition) is 9. The molecule has 0 aliphatic rings. The molecule has 1 aromatic carbocycles. The topological polar surface area (TPSA) is 178 Å². The van der Waals surface area contributed by atoms with Gasteiger partial charge in [-0.15, -0.1) is 0 Å². The SMILES string of the molecule is CCn1c(CNC(=O)c2nc(Cl)c(N)nc2N)[n+](CC)c2ccc(OCC(=O)N(C)Cc3nc(C)ccc3O)cc21. The maximum absolute atomic E-state index is 12.8. The molecular formula is C27H33ClN9O4+. The predicted molar refractivity (Wildman–Crippen MR) is 153 cm³/mol. The van der Waals surface area contributed by atoms with Crippen molar-refractivity contribution in [1.82, 2.24) is 29.7 Å². The summed E-state index contributed by atoms with van der Waals surface area (Å²) in [6, 6.07) is 8.83. The molecular weight excluding hydrogens is 550 g/mol. The van der Waals surface area contributed by atoms with Crippen LogP contribution < -0.4 is 26.1 Å². The number of aromatic hydroxyl groups is 1. The maximum Gasteiger partial charge on any atom is 0.277 e. The lowest BCUT2D eigenvalue weighted by Crippen LogP contribution is -2.40. The molecule has 0 spiro atoms.